The third-order valence-corrected chi connectivity index (χ3v) is 4.70. The lowest BCUT2D eigenvalue weighted by atomic mass is 10.0. The highest BCUT2D eigenvalue weighted by Crippen LogP contribution is 2.45. The highest BCUT2D eigenvalue weighted by Gasteiger charge is 2.42. The number of hydrogen-bond acceptors (Lipinski definition) is 4. The topological polar surface area (TPSA) is 98.0 Å². The SMILES string of the molecule is N#Cc1ccc(-c2cc(NCC3(CNC(=O)O)CC3)cnc2Cl)cc1. The lowest BCUT2D eigenvalue weighted by Gasteiger charge is -2.17. The van der Waals surface area contributed by atoms with E-state index in [9.17, 15) is 4.79 Å². The molecule has 6 nitrogen and oxygen atoms in total. The van der Waals surface area contributed by atoms with Gasteiger partial charge in [-0.05, 0) is 36.6 Å². The van der Waals surface area contributed by atoms with Gasteiger partial charge in [-0.1, -0.05) is 23.7 Å². The molecule has 1 amide bonds. The molecule has 7 heteroatoms. The molecule has 25 heavy (non-hydrogen) atoms. The van der Waals surface area contributed by atoms with Gasteiger partial charge in [0, 0.05) is 24.1 Å². The molecule has 0 spiro atoms. The van der Waals surface area contributed by atoms with E-state index in [0.29, 0.717) is 23.8 Å². The molecule has 0 atom stereocenters. The van der Waals surface area contributed by atoms with E-state index in [4.69, 9.17) is 22.0 Å². The highest BCUT2D eigenvalue weighted by molar-refractivity contribution is 6.32. The minimum Gasteiger partial charge on any atom is -0.465 e. The fraction of sp³-hybridized carbons (Fsp3) is 0.278. The molecular formula is C18H17ClN4O2. The molecule has 1 aromatic heterocycles. The minimum atomic E-state index is -0.998. The van der Waals surface area contributed by atoms with E-state index >= 15 is 0 Å². The molecule has 1 aliphatic rings. The van der Waals surface area contributed by atoms with E-state index in [1.54, 1.807) is 18.3 Å². The van der Waals surface area contributed by atoms with Crippen LogP contribution in [-0.4, -0.2) is 29.3 Å². The van der Waals surface area contributed by atoms with E-state index < -0.39 is 6.09 Å². The number of anilines is 1. The minimum absolute atomic E-state index is 0.0212. The molecule has 1 saturated carbocycles. The highest BCUT2D eigenvalue weighted by atomic mass is 35.5. The number of pyridine rings is 1. The van der Waals surface area contributed by atoms with Crippen molar-refractivity contribution in [1.29, 1.82) is 5.26 Å². The normalized spacial score (nSPS) is 14.4. The van der Waals surface area contributed by atoms with Gasteiger partial charge >= 0.3 is 6.09 Å². The van der Waals surface area contributed by atoms with Crippen LogP contribution < -0.4 is 10.6 Å². The Kier molecular flexibility index (Phi) is 4.77. The van der Waals surface area contributed by atoms with Gasteiger partial charge < -0.3 is 15.7 Å². The second-order valence-electron chi connectivity index (χ2n) is 6.26. The Morgan fingerprint density at radius 2 is 2.04 bits per heavy atom. The standard InChI is InChI=1S/C18H17ClN4O2/c19-16-15(13-3-1-12(8-20)2-4-13)7-14(9-21-16)22-10-18(5-6-18)11-23-17(24)25/h1-4,7,9,22-23H,5-6,10-11H2,(H,24,25). The second kappa shape index (κ2) is 6.99. The van der Waals surface area contributed by atoms with E-state index in [0.717, 1.165) is 29.7 Å². The number of nitrogens with one attached hydrogen (secondary N) is 2. The zero-order chi connectivity index (χ0) is 17.9. The first kappa shape index (κ1) is 17.1. The summed E-state index contributed by atoms with van der Waals surface area (Å²) in [7, 11) is 0. The van der Waals surface area contributed by atoms with Crippen LogP contribution in [0.3, 0.4) is 0 Å². The molecule has 1 heterocycles. The van der Waals surface area contributed by atoms with Crippen molar-refractivity contribution in [3.8, 4) is 17.2 Å². The summed E-state index contributed by atoms with van der Waals surface area (Å²) in [5, 5.41) is 23.8. The van der Waals surface area contributed by atoms with E-state index in [1.165, 1.54) is 0 Å². The van der Waals surface area contributed by atoms with Gasteiger partial charge in [0.2, 0.25) is 0 Å². The number of nitrogens with zero attached hydrogens (tertiary/aromatic N) is 2. The largest absolute Gasteiger partial charge is 0.465 e. The number of hydrogen-bond donors (Lipinski definition) is 3. The van der Waals surface area contributed by atoms with Crippen molar-refractivity contribution in [3.05, 3.63) is 47.2 Å². The average Bonchev–Trinajstić information content (AvgIpc) is 3.40. The quantitative estimate of drug-likeness (QED) is 0.685. The molecule has 2 aromatic rings. The summed E-state index contributed by atoms with van der Waals surface area (Å²) in [6, 6.07) is 11.2. The molecule has 128 valence electrons. The third kappa shape index (κ3) is 4.20. The van der Waals surface area contributed by atoms with E-state index in [1.807, 2.05) is 18.2 Å². The Hall–Kier alpha value is -2.78. The first-order valence-corrected chi connectivity index (χ1v) is 8.26. The van der Waals surface area contributed by atoms with Crippen molar-refractivity contribution >= 4 is 23.4 Å². The van der Waals surface area contributed by atoms with Gasteiger partial charge in [0.05, 0.1) is 23.5 Å². The molecule has 0 unspecified atom stereocenters. The van der Waals surface area contributed by atoms with E-state index in [2.05, 4.69) is 21.7 Å². The van der Waals surface area contributed by atoms with Crippen LogP contribution >= 0.6 is 11.6 Å². The van der Waals surface area contributed by atoms with Crippen molar-refractivity contribution in [1.82, 2.24) is 10.3 Å². The van der Waals surface area contributed by atoms with Crippen LogP contribution in [0.5, 0.6) is 0 Å². The van der Waals surface area contributed by atoms with Gasteiger partial charge in [-0.3, -0.25) is 0 Å². The van der Waals surface area contributed by atoms with Crippen LogP contribution in [0.4, 0.5) is 10.5 Å². The predicted molar refractivity (Wildman–Crippen MR) is 95.6 cm³/mol. The Balaban J connectivity index is 1.71. The van der Waals surface area contributed by atoms with Gasteiger partial charge in [0.25, 0.3) is 0 Å². The summed E-state index contributed by atoms with van der Waals surface area (Å²) >= 11 is 6.21. The molecule has 3 N–H and O–H groups in total. The van der Waals surface area contributed by atoms with Crippen LogP contribution in [0.1, 0.15) is 18.4 Å². The number of carbonyl (C=O) groups is 1. The summed E-state index contributed by atoms with van der Waals surface area (Å²) in [6.07, 6.45) is 2.64. The molecule has 0 bridgehead atoms. The third-order valence-electron chi connectivity index (χ3n) is 4.40. The lowest BCUT2D eigenvalue weighted by Crippen LogP contribution is -2.32. The van der Waals surface area contributed by atoms with Crippen LogP contribution in [0, 0.1) is 16.7 Å². The summed E-state index contributed by atoms with van der Waals surface area (Å²) in [6.45, 7) is 1.11. The number of aromatic nitrogens is 1. The first-order valence-electron chi connectivity index (χ1n) is 7.88. The Bertz CT molecular complexity index is 826. The van der Waals surface area contributed by atoms with Crippen molar-refractivity contribution in [2.24, 2.45) is 5.41 Å². The van der Waals surface area contributed by atoms with Gasteiger partial charge in [0.1, 0.15) is 5.15 Å². The predicted octanol–water partition coefficient (Wildman–Crippen LogP) is 3.73. The van der Waals surface area contributed by atoms with Crippen molar-refractivity contribution in [3.63, 3.8) is 0 Å². The van der Waals surface area contributed by atoms with Crippen molar-refractivity contribution in [2.45, 2.75) is 12.8 Å². The summed E-state index contributed by atoms with van der Waals surface area (Å²) < 4.78 is 0. The number of amides is 1. The summed E-state index contributed by atoms with van der Waals surface area (Å²) in [5.74, 6) is 0. The smallest absolute Gasteiger partial charge is 0.404 e. The second-order valence-corrected chi connectivity index (χ2v) is 6.62. The van der Waals surface area contributed by atoms with Crippen molar-refractivity contribution < 1.29 is 9.90 Å². The molecule has 0 saturated heterocycles. The Morgan fingerprint density at radius 1 is 1.32 bits per heavy atom. The van der Waals surface area contributed by atoms with Crippen LogP contribution in [0.25, 0.3) is 11.1 Å². The van der Waals surface area contributed by atoms with Crippen LogP contribution in [-0.2, 0) is 0 Å². The molecule has 0 aliphatic heterocycles. The fourth-order valence-electron chi connectivity index (χ4n) is 2.62. The zero-order valence-corrected chi connectivity index (χ0v) is 14.2. The van der Waals surface area contributed by atoms with Gasteiger partial charge in [-0.2, -0.15) is 5.26 Å². The molecular weight excluding hydrogens is 340 g/mol. The molecule has 1 fully saturated rings. The number of rotatable bonds is 6. The molecule has 1 aliphatic carbocycles. The average molecular weight is 357 g/mol. The Labute approximate surface area is 150 Å². The lowest BCUT2D eigenvalue weighted by molar-refractivity contribution is 0.192. The first-order chi connectivity index (χ1) is 12.0. The summed E-state index contributed by atoms with van der Waals surface area (Å²) in [5.41, 5.74) is 3.06. The zero-order valence-electron chi connectivity index (χ0n) is 13.4. The number of benzene rings is 1. The number of halogens is 1. The Morgan fingerprint density at radius 3 is 2.64 bits per heavy atom. The molecule has 3 rings (SSSR count). The number of nitriles is 1. The maximum Gasteiger partial charge on any atom is 0.404 e. The maximum absolute atomic E-state index is 10.7. The maximum atomic E-state index is 10.7. The monoisotopic (exact) mass is 356 g/mol. The van der Waals surface area contributed by atoms with Gasteiger partial charge in [-0.15, -0.1) is 0 Å². The van der Waals surface area contributed by atoms with Crippen LogP contribution in [0.2, 0.25) is 5.15 Å². The molecule has 0 radical (unpaired) electrons. The van der Waals surface area contributed by atoms with Crippen molar-refractivity contribution in [2.75, 3.05) is 18.4 Å². The fourth-order valence-corrected chi connectivity index (χ4v) is 2.83. The molecule has 1 aromatic carbocycles. The summed E-state index contributed by atoms with van der Waals surface area (Å²) in [4.78, 5) is 14.9. The number of carboxylic acid groups (broad SMARTS) is 1. The van der Waals surface area contributed by atoms with E-state index in [-0.39, 0.29) is 5.41 Å². The van der Waals surface area contributed by atoms with Gasteiger partial charge in [0.15, 0.2) is 0 Å². The van der Waals surface area contributed by atoms with Gasteiger partial charge in [-0.25, -0.2) is 9.78 Å². The van der Waals surface area contributed by atoms with Crippen LogP contribution in [0.15, 0.2) is 36.5 Å².